The fraction of sp³-hybridized carbons (Fsp3) is 0.381. The second-order valence-electron chi connectivity index (χ2n) is 6.97. The lowest BCUT2D eigenvalue weighted by atomic mass is 9.92. The molecule has 26 heavy (non-hydrogen) atoms. The van der Waals surface area contributed by atoms with Crippen molar-refractivity contribution in [1.82, 2.24) is 4.90 Å². The topological polar surface area (TPSA) is 59.0 Å². The molecule has 5 nitrogen and oxygen atoms in total. The first-order valence-electron chi connectivity index (χ1n) is 9.02. The molecule has 2 fully saturated rings. The van der Waals surface area contributed by atoms with E-state index >= 15 is 0 Å². The lowest BCUT2D eigenvalue weighted by molar-refractivity contribution is -0.171. The zero-order valence-corrected chi connectivity index (χ0v) is 14.5. The molecule has 0 saturated carbocycles. The maximum absolute atomic E-state index is 11.9. The molecule has 2 aromatic carbocycles. The van der Waals surface area contributed by atoms with Crippen LogP contribution in [0.2, 0.25) is 0 Å². The van der Waals surface area contributed by atoms with Gasteiger partial charge in [-0.1, -0.05) is 60.7 Å². The number of esters is 1. The molecule has 0 radical (unpaired) electrons. The minimum atomic E-state index is -0.699. The lowest BCUT2D eigenvalue weighted by Gasteiger charge is -2.43. The highest BCUT2D eigenvalue weighted by Crippen LogP contribution is 2.32. The molecule has 0 spiro atoms. The maximum Gasteiger partial charge on any atom is 0.307 e. The first kappa shape index (κ1) is 17.2. The number of aliphatic hydroxyl groups excluding tert-OH is 1. The van der Waals surface area contributed by atoms with E-state index in [-0.39, 0.29) is 12.0 Å². The minimum absolute atomic E-state index is 0.0631. The number of likely N-dealkylation sites (tertiary alicyclic amines) is 1. The van der Waals surface area contributed by atoms with Gasteiger partial charge in [-0.15, -0.1) is 0 Å². The SMILES string of the molecule is O=C1C[C@H]2[C@@H](O1)[C@H](OCc1ccccc1)[C@@H](O)CN2Cc1ccccc1. The van der Waals surface area contributed by atoms with E-state index in [9.17, 15) is 9.90 Å². The number of hydrogen-bond donors (Lipinski definition) is 1. The Bertz CT molecular complexity index is 736. The third kappa shape index (κ3) is 3.65. The van der Waals surface area contributed by atoms with Gasteiger partial charge in [0, 0.05) is 13.1 Å². The number of hydrogen-bond acceptors (Lipinski definition) is 5. The molecule has 4 atom stereocenters. The van der Waals surface area contributed by atoms with E-state index in [1.165, 1.54) is 0 Å². The highest BCUT2D eigenvalue weighted by atomic mass is 16.6. The average molecular weight is 353 g/mol. The summed E-state index contributed by atoms with van der Waals surface area (Å²) in [6.07, 6.45) is -1.29. The summed E-state index contributed by atoms with van der Waals surface area (Å²) >= 11 is 0. The molecular weight excluding hydrogens is 330 g/mol. The average Bonchev–Trinajstić information content (AvgIpc) is 3.05. The van der Waals surface area contributed by atoms with Gasteiger partial charge in [0.05, 0.1) is 25.2 Å². The van der Waals surface area contributed by atoms with Crippen molar-refractivity contribution in [3.8, 4) is 0 Å². The third-order valence-electron chi connectivity index (χ3n) is 5.13. The van der Waals surface area contributed by atoms with Gasteiger partial charge in [-0.3, -0.25) is 9.69 Å². The zero-order chi connectivity index (χ0) is 17.9. The van der Waals surface area contributed by atoms with Crippen molar-refractivity contribution in [3.05, 3.63) is 71.8 Å². The highest BCUT2D eigenvalue weighted by Gasteiger charge is 2.50. The van der Waals surface area contributed by atoms with Crippen molar-refractivity contribution in [2.75, 3.05) is 6.54 Å². The maximum atomic E-state index is 11.9. The van der Waals surface area contributed by atoms with Gasteiger partial charge in [0.15, 0.2) is 0 Å². The Hall–Kier alpha value is -2.21. The van der Waals surface area contributed by atoms with E-state index in [2.05, 4.69) is 17.0 Å². The lowest BCUT2D eigenvalue weighted by Crippen LogP contribution is -2.60. The van der Waals surface area contributed by atoms with Crippen molar-refractivity contribution in [2.24, 2.45) is 0 Å². The van der Waals surface area contributed by atoms with Gasteiger partial charge in [-0.05, 0) is 11.1 Å². The predicted octanol–water partition coefficient (Wildman–Crippen LogP) is 2.13. The fourth-order valence-corrected chi connectivity index (χ4v) is 3.86. The molecule has 0 aromatic heterocycles. The van der Waals surface area contributed by atoms with Gasteiger partial charge in [-0.25, -0.2) is 0 Å². The first-order chi connectivity index (χ1) is 12.7. The minimum Gasteiger partial charge on any atom is -0.458 e. The summed E-state index contributed by atoms with van der Waals surface area (Å²) in [5, 5.41) is 10.7. The van der Waals surface area contributed by atoms with E-state index < -0.39 is 18.3 Å². The smallest absolute Gasteiger partial charge is 0.307 e. The van der Waals surface area contributed by atoms with Crippen molar-refractivity contribution in [2.45, 2.75) is 43.9 Å². The molecule has 0 aliphatic carbocycles. The first-order valence-corrected chi connectivity index (χ1v) is 9.02. The van der Waals surface area contributed by atoms with Crippen LogP contribution >= 0.6 is 0 Å². The summed E-state index contributed by atoms with van der Waals surface area (Å²) < 4.78 is 11.5. The molecule has 4 rings (SSSR count). The van der Waals surface area contributed by atoms with Crippen molar-refractivity contribution in [3.63, 3.8) is 0 Å². The number of aliphatic hydroxyl groups is 1. The molecule has 0 bridgehead atoms. The monoisotopic (exact) mass is 353 g/mol. The van der Waals surface area contributed by atoms with Crippen LogP contribution in [0.15, 0.2) is 60.7 Å². The van der Waals surface area contributed by atoms with Crippen molar-refractivity contribution < 1.29 is 19.4 Å². The second kappa shape index (κ2) is 7.58. The van der Waals surface area contributed by atoms with E-state index in [1.54, 1.807) is 0 Å². The summed E-state index contributed by atoms with van der Waals surface area (Å²) in [7, 11) is 0. The van der Waals surface area contributed by atoms with Crippen LogP contribution in [0.1, 0.15) is 17.5 Å². The van der Waals surface area contributed by atoms with Gasteiger partial charge in [0.1, 0.15) is 12.2 Å². The van der Waals surface area contributed by atoms with Gasteiger partial charge in [0.25, 0.3) is 0 Å². The molecule has 2 heterocycles. The summed E-state index contributed by atoms with van der Waals surface area (Å²) in [4.78, 5) is 14.1. The highest BCUT2D eigenvalue weighted by molar-refractivity contribution is 5.73. The molecule has 1 N–H and O–H groups in total. The van der Waals surface area contributed by atoms with E-state index in [4.69, 9.17) is 9.47 Å². The molecule has 2 aromatic rings. The zero-order valence-electron chi connectivity index (χ0n) is 14.5. The Morgan fingerprint density at radius 2 is 1.69 bits per heavy atom. The summed E-state index contributed by atoms with van der Waals surface area (Å²) in [5.74, 6) is -0.222. The molecule has 0 unspecified atom stereocenters. The Balaban J connectivity index is 1.47. The van der Waals surface area contributed by atoms with Crippen LogP contribution in [0, 0.1) is 0 Å². The number of rotatable bonds is 5. The summed E-state index contributed by atoms with van der Waals surface area (Å²) in [6.45, 7) is 1.54. The normalized spacial score (nSPS) is 28.6. The summed E-state index contributed by atoms with van der Waals surface area (Å²) in [6, 6.07) is 19.8. The number of carbonyl (C=O) groups is 1. The molecule has 0 amide bonds. The largest absolute Gasteiger partial charge is 0.458 e. The van der Waals surface area contributed by atoms with E-state index in [1.807, 2.05) is 48.5 Å². The van der Waals surface area contributed by atoms with Gasteiger partial charge >= 0.3 is 5.97 Å². The Kier molecular flexibility index (Phi) is 5.02. The second-order valence-corrected chi connectivity index (χ2v) is 6.97. The van der Waals surface area contributed by atoms with Crippen molar-refractivity contribution >= 4 is 5.97 Å². The van der Waals surface area contributed by atoms with Crippen LogP contribution in [-0.2, 0) is 27.4 Å². The number of ether oxygens (including phenoxy) is 2. The predicted molar refractivity (Wildman–Crippen MR) is 96.2 cm³/mol. The number of nitrogens with zero attached hydrogens (tertiary/aromatic N) is 1. The van der Waals surface area contributed by atoms with Gasteiger partial charge in [-0.2, -0.15) is 0 Å². The van der Waals surface area contributed by atoms with Gasteiger partial charge in [0.2, 0.25) is 0 Å². The van der Waals surface area contributed by atoms with Crippen molar-refractivity contribution in [1.29, 1.82) is 0 Å². The van der Waals surface area contributed by atoms with Crippen LogP contribution in [0.3, 0.4) is 0 Å². The van der Waals surface area contributed by atoms with Crippen LogP contribution in [-0.4, -0.2) is 46.9 Å². The van der Waals surface area contributed by atoms with Crippen LogP contribution in [0.4, 0.5) is 0 Å². The van der Waals surface area contributed by atoms with E-state index in [0.29, 0.717) is 26.1 Å². The third-order valence-corrected chi connectivity index (χ3v) is 5.13. The Labute approximate surface area is 153 Å². The molecular formula is C21H23NO4. The molecule has 5 heteroatoms. The number of fused-ring (bicyclic) bond motifs is 1. The van der Waals surface area contributed by atoms with E-state index in [0.717, 1.165) is 11.1 Å². The molecule has 2 aliphatic heterocycles. The molecule has 2 aliphatic rings. The Morgan fingerprint density at radius 3 is 2.38 bits per heavy atom. The van der Waals surface area contributed by atoms with Gasteiger partial charge < -0.3 is 14.6 Å². The standard InChI is InChI=1S/C21H23NO4/c23-18-13-22(12-15-7-3-1-4-8-15)17-11-19(24)26-20(17)21(18)25-14-16-9-5-2-6-10-16/h1-10,17-18,20-21,23H,11-14H2/t17-,18-,20+,21+/m0/s1. The number of piperidine rings is 1. The van der Waals surface area contributed by atoms with Crippen LogP contribution < -0.4 is 0 Å². The fourth-order valence-electron chi connectivity index (χ4n) is 3.86. The van der Waals surface area contributed by atoms with Crippen LogP contribution in [0.5, 0.6) is 0 Å². The molecule has 136 valence electrons. The number of carbonyl (C=O) groups excluding carboxylic acids is 1. The molecule has 2 saturated heterocycles. The Morgan fingerprint density at radius 1 is 1.04 bits per heavy atom. The number of benzene rings is 2. The van der Waals surface area contributed by atoms with Crippen LogP contribution in [0.25, 0.3) is 0 Å². The number of β-amino-alcohol motifs (C(OH)–C–C–N with tert-alkyl or cyclic N) is 1. The quantitative estimate of drug-likeness (QED) is 0.835. The summed E-state index contributed by atoms with van der Waals surface area (Å²) in [5.41, 5.74) is 2.19.